The summed E-state index contributed by atoms with van der Waals surface area (Å²) in [5, 5.41) is 11.0. The van der Waals surface area contributed by atoms with Crippen molar-refractivity contribution in [2.24, 2.45) is 0 Å². The lowest BCUT2D eigenvalue weighted by atomic mass is 10.2. The van der Waals surface area contributed by atoms with Gasteiger partial charge in [-0.05, 0) is 31.0 Å². The van der Waals surface area contributed by atoms with Gasteiger partial charge in [0.25, 0.3) is 5.91 Å². The SMILES string of the molecule is CC(=O)NCCNC(=O)Nc1ccc(Cl)c(C(=O)NC2CC2)c1. The highest BCUT2D eigenvalue weighted by Gasteiger charge is 2.24. The number of urea groups is 1. The van der Waals surface area contributed by atoms with E-state index in [4.69, 9.17) is 11.6 Å². The Morgan fingerprint density at radius 2 is 1.87 bits per heavy atom. The van der Waals surface area contributed by atoms with E-state index in [1.807, 2.05) is 0 Å². The van der Waals surface area contributed by atoms with Crippen molar-refractivity contribution >= 4 is 35.1 Å². The fourth-order valence-corrected chi connectivity index (χ4v) is 2.06. The number of carbonyl (C=O) groups is 3. The molecule has 0 unspecified atom stereocenters. The monoisotopic (exact) mass is 338 g/mol. The van der Waals surface area contributed by atoms with Gasteiger partial charge >= 0.3 is 6.03 Å². The summed E-state index contributed by atoms with van der Waals surface area (Å²) in [5.41, 5.74) is 0.794. The minimum atomic E-state index is -0.425. The normalized spacial score (nSPS) is 13.1. The van der Waals surface area contributed by atoms with Gasteiger partial charge in [0.05, 0.1) is 10.6 Å². The molecule has 0 atom stereocenters. The van der Waals surface area contributed by atoms with Gasteiger partial charge in [-0.2, -0.15) is 0 Å². The molecule has 0 radical (unpaired) electrons. The van der Waals surface area contributed by atoms with Gasteiger partial charge < -0.3 is 21.3 Å². The van der Waals surface area contributed by atoms with Crippen LogP contribution in [0.25, 0.3) is 0 Å². The number of hydrogen-bond donors (Lipinski definition) is 4. The highest BCUT2D eigenvalue weighted by Crippen LogP contribution is 2.23. The predicted molar refractivity (Wildman–Crippen MR) is 87.6 cm³/mol. The lowest BCUT2D eigenvalue weighted by molar-refractivity contribution is -0.118. The molecule has 8 heteroatoms. The Balaban J connectivity index is 1.88. The maximum absolute atomic E-state index is 12.1. The van der Waals surface area contributed by atoms with Gasteiger partial charge in [0.1, 0.15) is 0 Å². The molecule has 4 N–H and O–H groups in total. The summed E-state index contributed by atoms with van der Waals surface area (Å²) >= 11 is 6.03. The van der Waals surface area contributed by atoms with Gasteiger partial charge in [-0.15, -0.1) is 0 Å². The molecule has 1 fully saturated rings. The summed E-state index contributed by atoms with van der Waals surface area (Å²) < 4.78 is 0. The van der Waals surface area contributed by atoms with E-state index in [1.165, 1.54) is 13.0 Å². The summed E-state index contributed by atoms with van der Waals surface area (Å²) in [6.45, 7) is 2.05. The van der Waals surface area contributed by atoms with Crippen LogP contribution in [0.5, 0.6) is 0 Å². The van der Waals surface area contributed by atoms with E-state index in [0.29, 0.717) is 29.4 Å². The lowest BCUT2D eigenvalue weighted by Gasteiger charge is -2.10. The Bertz CT molecular complexity index is 617. The molecule has 124 valence electrons. The molecule has 0 aromatic heterocycles. The van der Waals surface area contributed by atoms with Crippen molar-refractivity contribution < 1.29 is 14.4 Å². The van der Waals surface area contributed by atoms with Crippen molar-refractivity contribution in [3.05, 3.63) is 28.8 Å². The second kappa shape index (κ2) is 7.82. The number of anilines is 1. The number of benzene rings is 1. The van der Waals surface area contributed by atoms with E-state index in [0.717, 1.165) is 12.8 Å². The predicted octanol–water partition coefficient (Wildman–Crippen LogP) is 1.49. The maximum Gasteiger partial charge on any atom is 0.319 e. The molecule has 2 rings (SSSR count). The van der Waals surface area contributed by atoms with Crippen molar-refractivity contribution in [3.63, 3.8) is 0 Å². The second-order valence-electron chi connectivity index (χ2n) is 5.31. The van der Waals surface area contributed by atoms with Crippen LogP contribution in [0.3, 0.4) is 0 Å². The summed E-state index contributed by atoms with van der Waals surface area (Å²) in [4.78, 5) is 34.5. The van der Waals surface area contributed by atoms with Gasteiger partial charge in [-0.1, -0.05) is 11.6 Å². The zero-order valence-electron chi connectivity index (χ0n) is 12.7. The van der Waals surface area contributed by atoms with Gasteiger partial charge in [0.2, 0.25) is 5.91 Å². The Morgan fingerprint density at radius 3 is 2.52 bits per heavy atom. The van der Waals surface area contributed by atoms with Crippen molar-refractivity contribution in [1.82, 2.24) is 16.0 Å². The van der Waals surface area contributed by atoms with Crippen molar-refractivity contribution in [2.75, 3.05) is 18.4 Å². The van der Waals surface area contributed by atoms with E-state index in [2.05, 4.69) is 21.3 Å². The van der Waals surface area contributed by atoms with E-state index >= 15 is 0 Å². The minimum absolute atomic E-state index is 0.156. The zero-order valence-corrected chi connectivity index (χ0v) is 13.5. The molecule has 1 saturated carbocycles. The number of amides is 4. The largest absolute Gasteiger partial charge is 0.355 e. The molecule has 0 saturated heterocycles. The molecule has 1 aromatic rings. The Hall–Kier alpha value is -2.28. The zero-order chi connectivity index (χ0) is 16.8. The molecular weight excluding hydrogens is 320 g/mol. The quantitative estimate of drug-likeness (QED) is 0.591. The summed E-state index contributed by atoms with van der Waals surface area (Å²) in [7, 11) is 0. The van der Waals surface area contributed by atoms with E-state index in [1.54, 1.807) is 12.1 Å². The van der Waals surface area contributed by atoms with E-state index < -0.39 is 6.03 Å². The third kappa shape index (κ3) is 5.78. The molecule has 7 nitrogen and oxygen atoms in total. The molecule has 0 bridgehead atoms. The molecule has 0 heterocycles. The van der Waals surface area contributed by atoms with Crippen LogP contribution in [0.1, 0.15) is 30.1 Å². The standard InChI is InChI=1S/C15H19ClN4O3/c1-9(21)17-6-7-18-15(23)20-11-4-5-13(16)12(8-11)14(22)19-10-2-3-10/h4-5,8,10H,2-3,6-7H2,1H3,(H,17,21)(H,19,22)(H2,18,20,23). The third-order valence-electron chi connectivity index (χ3n) is 3.17. The van der Waals surface area contributed by atoms with Crippen molar-refractivity contribution in [3.8, 4) is 0 Å². The van der Waals surface area contributed by atoms with Crippen LogP contribution in [0.15, 0.2) is 18.2 Å². The minimum Gasteiger partial charge on any atom is -0.355 e. The van der Waals surface area contributed by atoms with Crippen LogP contribution in [0.4, 0.5) is 10.5 Å². The lowest BCUT2D eigenvalue weighted by Crippen LogP contribution is -2.36. The van der Waals surface area contributed by atoms with Crippen LogP contribution >= 0.6 is 11.6 Å². The summed E-state index contributed by atoms with van der Waals surface area (Å²) in [5.74, 6) is -0.400. The Labute approximate surface area is 139 Å². The highest BCUT2D eigenvalue weighted by molar-refractivity contribution is 6.34. The van der Waals surface area contributed by atoms with Gasteiger partial charge in [0, 0.05) is 31.7 Å². The summed E-state index contributed by atoms with van der Waals surface area (Å²) in [6.07, 6.45) is 1.97. The Kier molecular flexibility index (Phi) is 5.81. The molecule has 23 heavy (non-hydrogen) atoms. The van der Waals surface area contributed by atoms with Gasteiger partial charge in [-0.3, -0.25) is 9.59 Å². The van der Waals surface area contributed by atoms with Crippen LogP contribution in [0, 0.1) is 0 Å². The molecule has 1 aliphatic carbocycles. The average Bonchev–Trinajstić information content (AvgIpc) is 3.29. The van der Waals surface area contributed by atoms with Crippen LogP contribution < -0.4 is 21.3 Å². The van der Waals surface area contributed by atoms with E-state index in [9.17, 15) is 14.4 Å². The topological polar surface area (TPSA) is 99.3 Å². The molecular formula is C15H19ClN4O3. The second-order valence-corrected chi connectivity index (χ2v) is 5.71. The third-order valence-corrected chi connectivity index (χ3v) is 3.50. The van der Waals surface area contributed by atoms with E-state index in [-0.39, 0.29) is 17.9 Å². The maximum atomic E-state index is 12.1. The number of nitrogens with one attached hydrogen (secondary N) is 4. The Morgan fingerprint density at radius 1 is 1.17 bits per heavy atom. The van der Waals surface area contributed by atoms with Crippen molar-refractivity contribution in [1.29, 1.82) is 0 Å². The van der Waals surface area contributed by atoms with Crippen LogP contribution in [-0.2, 0) is 4.79 Å². The fourth-order valence-electron chi connectivity index (χ4n) is 1.86. The smallest absolute Gasteiger partial charge is 0.319 e. The number of carbonyl (C=O) groups excluding carboxylic acids is 3. The van der Waals surface area contributed by atoms with Gasteiger partial charge in [-0.25, -0.2) is 4.79 Å². The number of halogens is 1. The number of hydrogen-bond acceptors (Lipinski definition) is 3. The average molecular weight is 339 g/mol. The van der Waals surface area contributed by atoms with Gasteiger partial charge in [0.15, 0.2) is 0 Å². The molecule has 0 spiro atoms. The molecule has 4 amide bonds. The highest BCUT2D eigenvalue weighted by atomic mass is 35.5. The first kappa shape index (κ1) is 17.1. The number of rotatable bonds is 6. The molecule has 1 aromatic carbocycles. The molecule has 1 aliphatic rings. The fraction of sp³-hybridized carbons (Fsp3) is 0.400. The van der Waals surface area contributed by atoms with Crippen LogP contribution in [-0.4, -0.2) is 37.0 Å². The first-order chi connectivity index (χ1) is 11.0. The first-order valence-electron chi connectivity index (χ1n) is 7.35. The summed E-state index contributed by atoms with van der Waals surface area (Å²) in [6, 6.07) is 4.52. The van der Waals surface area contributed by atoms with Crippen molar-refractivity contribution in [2.45, 2.75) is 25.8 Å². The molecule has 0 aliphatic heterocycles. The van der Waals surface area contributed by atoms with Crippen LogP contribution in [0.2, 0.25) is 5.02 Å². The first-order valence-corrected chi connectivity index (χ1v) is 7.73.